The van der Waals surface area contributed by atoms with E-state index in [1.807, 2.05) is 0 Å². The van der Waals surface area contributed by atoms with Crippen LogP contribution >= 0.6 is 11.6 Å². The number of rotatable bonds is 5. The zero-order valence-corrected chi connectivity index (χ0v) is 20.3. The highest BCUT2D eigenvalue weighted by Gasteiger charge is 2.34. The Morgan fingerprint density at radius 3 is 2.73 bits per heavy atom. The Labute approximate surface area is 214 Å². The zero-order chi connectivity index (χ0) is 26.3. The SMILES string of the molecule is O=C(O)c1nn(Cc2ccccc2C(F)(F)F)c2c1CN(c1cnn(C3CCCCO3)c(=O)c1Cl)CC2. The van der Waals surface area contributed by atoms with Crippen LogP contribution in [-0.2, 0) is 30.4 Å². The Balaban J connectivity index is 1.46. The molecular formula is C24H23ClF3N5O4. The number of anilines is 1. The maximum absolute atomic E-state index is 13.5. The standard InChI is InChI=1S/C24H23ClF3N5O4/c25-20-18(11-29-33(22(20)34)19-7-3-4-10-37-19)31-9-8-17-15(13-31)21(23(35)36)30-32(17)12-14-5-1-2-6-16(14)24(26,27)28/h1-2,5-6,11,19H,3-4,7-10,12-13H2,(H,35,36). The minimum absolute atomic E-state index is 0.0135. The Kier molecular flexibility index (Phi) is 6.71. The number of benzene rings is 1. The average Bonchev–Trinajstić information content (AvgIpc) is 3.24. The summed E-state index contributed by atoms with van der Waals surface area (Å²) in [4.78, 5) is 26.6. The van der Waals surface area contributed by atoms with Crippen molar-refractivity contribution in [3.8, 4) is 0 Å². The summed E-state index contributed by atoms with van der Waals surface area (Å²) in [5, 5.41) is 18.1. The van der Waals surface area contributed by atoms with E-state index in [1.165, 1.54) is 33.8 Å². The minimum Gasteiger partial charge on any atom is -0.476 e. The van der Waals surface area contributed by atoms with E-state index in [1.54, 1.807) is 4.90 Å². The van der Waals surface area contributed by atoms with E-state index in [2.05, 4.69) is 10.2 Å². The molecule has 196 valence electrons. The fourth-order valence-electron chi connectivity index (χ4n) is 4.87. The first-order chi connectivity index (χ1) is 17.6. The first-order valence-electron chi connectivity index (χ1n) is 11.8. The number of aromatic nitrogens is 4. The maximum Gasteiger partial charge on any atom is 0.416 e. The van der Waals surface area contributed by atoms with Gasteiger partial charge in [-0.15, -0.1) is 0 Å². The van der Waals surface area contributed by atoms with Crippen LogP contribution < -0.4 is 10.5 Å². The monoisotopic (exact) mass is 537 g/mol. The highest BCUT2D eigenvalue weighted by Crippen LogP contribution is 2.34. The number of fused-ring (bicyclic) bond motifs is 1. The van der Waals surface area contributed by atoms with Crippen LogP contribution in [0.5, 0.6) is 0 Å². The van der Waals surface area contributed by atoms with E-state index < -0.39 is 29.5 Å². The van der Waals surface area contributed by atoms with E-state index in [9.17, 15) is 27.9 Å². The van der Waals surface area contributed by atoms with Gasteiger partial charge in [0.05, 0.1) is 24.0 Å². The van der Waals surface area contributed by atoms with Gasteiger partial charge in [0.25, 0.3) is 5.56 Å². The first-order valence-corrected chi connectivity index (χ1v) is 12.1. The molecule has 2 aromatic heterocycles. The van der Waals surface area contributed by atoms with E-state index in [0.717, 1.165) is 18.9 Å². The van der Waals surface area contributed by atoms with Crippen molar-refractivity contribution in [1.29, 1.82) is 0 Å². The molecule has 0 amide bonds. The molecule has 0 aliphatic carbocycles. The largest absolute Gasteiger partial charge is 0.476 e. The number of alkyl halides is 3. The summed E-state index contributed by atoms with van der Waals surface area (Å²) in [6.45, 7) is 0.694. The number of nitrogens with zero attached hydrogens (tertiary/aromatic N) is 5. The summed E-state index contributed by atoms with van der Waals surface area (Å²) >= 11 is 6.44. The highest BCUT2D eigenvalue weighted by atomic mass is 35.5. The molecule has 37 heavy (non-hydrogen) atoms. The Hall–Kier alpha value is -3.38. The van der Waals surface area contributed by atoms with E-state index in [4.69, 9.17) is 16.3 Å². The number of carbonyl (C=O) groups is 1. The smallest absolute Gasteiger partial charge is 0.416 e. The zero-order valence-electron chi connectivity index (χ0n) is 19.5. The Morgan fingerprint density at radius 1 is 1.24 bits per heavy atom. The minimum atomic E-state index is -4.55. The quantitative estimate of drug-likeness (QED) is 0.522. The number of hydrogen-bond donors (Lipinski definition) is 1. The number of hydrogen-bond acceptors (Lipinski definition) is 6. The lowest BCUT2D eigenvalue weighted by molar-refractivity contribution is -0.138. The number of ether oxygens (including phenoxy) is 1. The summed E-state index contributed by atoms with van der Waals surface area (Å²) in [7, 11) is 0. The van der Waals surface area contributed by atoms with Gasteiger partial charge in [-0.3, -0.25) is 9.48 Å². The molecule has 0 bridgehead atoms. The number of halogens is 4. The van der Waals surface area contributed by atoms with Crippen LogP contribution in [0.15, 0.2) is 35.3 Å². The fourth-order valence-corrected chi connectivity index (χ4v) is 5.13. The molecule has 1 saturated heterocycles. The van der Waals surface area contributed by atoms with Crippen molar-refractivity contribution in [3.05, 3.63) is 73.9 Å². The molecule has 2 aliphatic heterocycles. The molecule has 1 atom stereocenters. The van der Waals surface area contributed by atoms with Gasteiger partial charge in [0.15, 0.2) is 11.9 Å². The van der Waals surface area contributed by atoms with Gasteiger partial charge in [0.1, 0.15) is 5.02 Å². The van der Waals surface area contributed by atoms with Crippen LogP contribution in [-0.4, -0.2) is 43.8 Å². The predicted molar refractivity (Wildman–Crippen MR) is 127 cm³/mol. The Bertz CT molecular complexity index is 1400. The first kappa shape index (κ1) is 25.3. The van der Waals surface area contributed by atoms with Gasteiger partial charge >= 0.3 is 12.1 Å². The lowest BCUT2D eigenvalue weighted by Crippen LogP contribution is -2.36. The third-order valence-corrected chi connectivity index (χ3v) is 7.03. The second-order valence-corrected chi connectivity index (χ2v) is 9.36. The molecule has 1 fully saturated rings. The maximum atomic E-state index is 13.5. The molecule has 0 spiro atoms. The van der Waals surface area contributed by atoms with Gasteiger partial charge in [-0.25, -0.2) is 4.79 Å². The normalized spacial score (nSPS) is 18.1. The molecule has 2 aliphatic rings. The van der Waals surface area contributed by atoms with Gasteiger partial charge in [-0.2, -0.15) is 28.1 Å². The van der Waals surface area contributed by atoms with Gasteiger partial charge in [0, 0.05) is 37.4 Å². The van der Waals surface area contributed by atoms with Crippen LogP contribution in [0.25, 0.3) is 0 Å². The second kappa shape index (κ2) is 9.82. The molecule has 0 saturated carbocycles. The summed E-state index contributed by atoms with van der Waals surface area (Å²) in [5.74, 6) is -1.30. The molecule has 1 unspecified atom stereocenters. The fraction of sp³-hybridized carbons (Fsp3) is 0.417. The molecule has 1 aromatic carbocycles. The van der Waals surface area contributed by atoms with Gasteiger partial charge in [0.2, 0.25) is 0 Å². The molecular weight excluding hydrogens is 515 g/mol. The van der Waals surface area contributed by atoms with Crippen molar-refractivity contribution in [2.24, 2.45) is 0 Å². The van der Waals surface area contributed by atoms with Crippen LogP contribution in [0.2, 0.25) is 5.02 Å². The van der Waals surface area contributed by atoms with Crippen LogP contribution in [0.3, 0.4) is 0 Å². The molecule has 13 heteroatoms. The van der Waals surface area contributed by atoms with Gasteiger partial charge in [-0.05, 0) is 30.9 Å². The van der Waals surface area contributed by atoms with Crippen molar-refractivity contribution in [3.63, 3.8) is 0 Å². The van der Waals surface area contributed by atoms with Crippen LogP contribution in [0.4, 0.5) is 18.9 Å². The van der Waals surface area contributed by atoms with Gasteiger partial charge in [-0.1, -0.05) is 29.8 Å². The summed E-state index contributed by atoms with van der Waals surface area (Å²) in [6.07, 6.45) is -0.836. The van der Waals surface area contributed by atoms with Crippen molar-refractivity contribution in [2.75, 3.05) is 18.1 Å². The van der Waals surface area contributed by atoms with Crippen molar-refractivity contribution >= 4 is 23.3 Å². The van der Waals surface area contributed by atoms with E-state index in [0.29, 0.717) is 36.5 Å². The molecule has 0 radical (unpaired) electrons. The highest BCUT2D eigenvalue weighted by molar-refractivity contribution is 6.33. The lowest BCUT2D eigenvalue weighted by Gasteiger charge is -2.30. The average molecular weight is 538 g/mol. The molecule has 9 nitrogen and oxygen atoms in total. The molecule has 4 heterocycles. The third kappa shape index (κ3) is 4.82. The summed E-state index contributed by atoms with van der Waals surface area (Å²) in [5.41, 5.74) is -0.338. The van der Waals surface area contributed by atoms with E-state index in [-0.39, 0.29) is 35.8 Å². The number of aromatic carboxylic acids is 1. The van der Waals surface area contributed by atoms with E-state index >= 15 is 0 Å². The lowest BCUT2D eigenvalue weighted by atomic mass is 10.0. The predicted octanol–water partition coefficient (Wildman–Crippen LogP) is 4.12. The second-order valence-electron chi connectivity index (χ2n) is 8.98. The Morgan fingerprint density at radius 2 is 2.03 bits per heavy atom. The summed E-state index contributed by atoms with van der Waals surface area (Å²) < 4.78 is 48.7. The number of carboxylic acids is 1. The molecule has 3 aromatic rings. The molecule has 5 rings (SSSR count). The number of carboxylic acid groups (broad SMARTS) is 1. The molecule has 1 N–H and O–H groups in total. The third-order valence-electron chi connectivity index (χ3n) is 6.67. The van der Waals surface area contributed by atoms with Crippen molar-refractivity contribution < 1.29 is 27.8 Å². The summed E-state index contributed by atoms with van der Waals surface area (Å²) in [6, 6.07) is 5.14. The van der Waals surface area contributed by atoms with Crippen LogP contribution in [0.1, 0.15) is 58.4 Å². The topological polar surface area (TPSA) is 102 Å². The van der Waals surface area contributed by atoms with Crippen LogP contribution in [0, 0.1) is 0 Å². The van der Waals surface area contributed by atoms with Crippen molar-refractivity contribution in [1.82, 2.24) is 19.6 Å². The van der Waals surface area contributed by atoms with Gasteiger partial charge < -0.3 is 14.7 Å². The van der Waals surface area contributed by atoms with Crippen molar-refractivity contribution in [2.45, 2.75) is 51.2 Å².